The van der Waals surface area contributed by atoms with E-state index in [9.17, 15) is 0 Å². The van der Waals surface area contributed by atoms with Crippen LogP contribution >= 0.6 is 0 Å². The Bertz CT molecular complexity index is 200. The molecular formula is C6H9N2O+. The highest BCUT2D eigenvalue weighted by atomic mass is 16.5. The molecule has 0 fully saturated rings. The van der Waals surface area contributed by atoms with E-state index in [1.54, 1.807) is 18.3 Å². The Morgan fingerprint density at radius 2 is 2.33 bits per heavy atom. The van der Waals surface area contributed by atoms with Crippen LogP contribution in [0.3, 0.4) is 0 Å². The van der Waals surface area contributed by atoms with Crippen LogP contribution in [0.4, 0.5) is 0 Å². The molecule has 3 heteroatoms. The molecule has 1 aromatic heterocycles. The zero-order chi connectivity index (χ0) is 6.69. The summed E-state index contributed by atoms with van der Waals surface area (Å²) in [5.41, 5.74) is 5.98. The fraction of sp³-hybridized carbons (Fsp3) is 0.167. The van der Waals surface area contributed by atoms with Gasteiger partial charge in [0, 0.05) is 16.9 Å². The minimum atomic E-state index is 0.358. The number of nitrogens with zero attached hydrogens (tertiary/aromatic N) is 1. The summed E-state index contributed by atoms with van der Waals surface area (Å²) < 4.78 is 1.01. The van der Waals surface area contributed by atoms with Gasteiger partial charge >= 0.3 is 0 Å². The van der Waals surface area contributed by atoms with E-state index in [0.29, 0.717) is 12.2 Å². The first kappa shape index (κ1) is 6.04. The smallest absolute Gasteiger partial charge is 0.247 e. The van der Waals surface area contributed by atoms with Gasteiger partial charge in [-0.1, -0.05) is 0 Å². The maximum absolute atomic E-state index is 8.95. The van der Waals surface area contributed by atoms with E-state index >= 15 is 0 Å². The molecule has 1 aromatic rings. The van der Waals surface area contributed by atoms with E-state index in [1.807, 2.05) is 6.07 Å². The van der Waals surface area contributed by atoms with Crippen molar-refractivity contribution in [3.63, 3.8) is 0 Å². The van der Waals surface area contributed by atoms with Gasteiger partial charge in [0.05, 0.1) is 6.54 Å². The molecule has 0 saturated heterocycles. The van der Waals surface area contributed by atoms with Crippen molar-refractivity contribution in [3.05, 3.63) is 30.1 Å². The number of pyridine rings is 1. The second-order valence-electron chi connectivity index (χ2n) is 1.74. The lowest BCUT2D eigenvalue weighted by Crippen LogP contribution is -2.35. The Morgan fingerprint density at radius 3 is 2.78 bits per heavy atom. The van der Waals surface area contributed by atoms with Gasteiger partial charge < -0.3 is 5.73 Å². The average Bonchev–Trinajstić information content (AvgIpc) is 1.89. The lowest BCUT2D eigenvalue weighted by molar-refractivity contribution is -0.909. The van der Waals surface area contributed by atoms with E-state index in [0.717, 1.165) is 4.73 Å². The summed E-state index contributed by atoms with van der Waals surface area (Å²) in [4.78, 5) is 0. The molecule has 0 aromatic carbocycles. The second-order valence-corrected chi connectivity index (χ2v) is 1.74. The van der Waals surface area contributed by atoms with Crippen LogP contribution in [0.25, 0.3) is 0 Å². The lowest BCUT2D eigenvalue weighted by Gasteiger charge is -1.88. The molecule has 1 heterocycles. The molecule has 9 heavy (non-hydrogen) atoms. The van der Waals surface area contributed by atoms with Gasteiger partial charge in [0.1, 0.15) is 0 Å². The highest BCUT2D eigenvalue weighted by molar-refractivity contribution is 4.95. The van der Waals surface area contributed by atoms with Crippen molar-refractivity contribution in [1.29, 1.82) is 0 Å². The highest BCUT2D eigenvalue weighted by Crippen LogP contribution is 1.85. The molecule has 0 aliphatic carbocycles. The molecule has 0 amide bonds. The van der Waals surface area contributed by atoms with Crippen LogP contribution in [0.2, 0.25) is 0 Å². The normalized spacial score (nSPS) is 9.44. The summed E-state index contributed by atoms with van der Waals surface area (Å²) in [6.07, 6.45) is 1.54. The van der Waals surface area contributed by atoms with Crippen molar-refractivity contribution >= 4 is 0 Å². The molecule has 3 N–H and O–H groups in total. The zero-order valence-electron chi connectivity index (χ0n) is 4.99. The Kier molecular flexibility index (Phi) is 1.65. The number of aromatic nitrogens is 1. The minimum Gasteiger partial charge on any atom is -0.321 e. The Hall–Kier alpha value is -1.09. The minimum absolute atomic E-state index is 0.358. The molecule has 0 aliphatic heterocycles. The maximum atomic E-state index is 8.95. The Labute approximate surface area is 53.3 Å². The van der Waals surface area contributed by atoms with E-state index < -0.39 is 0 Å². The van der Waals surface area contributed by atoms with Gasteiger partial charge in [-0.3, -0.25) is 5.21 Å². The molecule has 0 bridgehead atoms. The van der Waals surface area contributed by atoms with Gasteiger partial charge in [0.15, 0.2) is 0 Å². The van der Waals surface area contributed by atoms with Crippen LogP contribution in [0.5, 0.6) is 0 Å². The SMILES string of the molecule is NCc1cccc[n+]1O. The standard InChI is InChI=1S/C6H9N2O/c7-5-6-3-1-2-4-8(6)9/h1-4,9H,5,7H2/q+1. The van der Waals surface area contributed by atoms with Crippen molar-refractivity contribution in [2.24, 2.45) is 5.73 Å². The highest BCUT2D eigenvalue weighted by Gasteiger charge is 2.02. The van der Waals surface area contributed by atoms with Gasteiger partial charge in [-0.25, -0.2) is 0 Å². The molecule has 1 rings (SSSR count). The molecule has 0 saturated carbocycles. The first-order valence-electron chi connectivity index (χ1n) is 2.73. The van der Waals surface area contributed by atoms with Crippen molar-refractivity contribution in [3.8, 4) is 0 Å². The summed E-state index contributed by atoms with van der Waals surface area (Å²) in [5, 5.41) is 8.95. The van der Waals surface area contributed by atoms with Gasteiger partial charge in [0.2, 0.25) is 11.9 Å². The van der Waals surface area contributed by atoms with Gasteiger partial charge in [-0.05, 0) is 6.07 Å². The van der Waals surface area contributed by atoms with Crippen molar-refractivity contribution < 1.29 is 9.94 Å². The fourth-order valence-electron chi connectivity index (χ4n) is 0.632. The van der Waals surface area contributed by atoms with Crippen LogP contribution in [-0.4, -0.2) is 5.21 Å². The van der Waals surface area contributed by atoms with E-state index in [4.69, 9.17) is 10.9 Å². The van der Waals surface area contributed by atoms with Crippen LogP contribution in [0, 0.1) is 0 Å². The van der Waals surface area contributed by atoms with Gasteiger partial charge in [-0.2, -0.15) is 0 Å². The van der Waals surface area contributed by atoms with Gasteiger partial charge in [0.25, 0.3) is 0 Å². The quantitative estimate of drug-likeness (QED) is 0.399. The molecule has 3 nitrogen and oxygen atoms in total. The summed E-state index contributed by atoms with van der Waals surface area (Å²) in [7, 11) is 0. The summed E-state index contributed by atoms with van der Waals surface area (Å²) in [5.74, 6) is 0. The third kappa shape index (κ3) is 1.17. The topological polar surface area (TPSA) is 50.1 Å². The molecule has 48 valence electrons. The first-order valence-corrected chi connectivity index (χ1v) is 2.73. The van der Waals surface area contributed by atoms with Crippen LogP contribution in [-0.2, 0) is 6.54 Å². The fourth-order valence-corrected chi connectivity index (χ4v) is 0.632. The monoisotopic (exact) mass is 125 g/mol. The van der Waals surface area contributed by atoms with Crippen LogP contribution < -0.4 is 10.5 Å². The predicted molar refractivity (Wildman–Crippen MR) is 31.7 cm³/mol. The largest absolute Gasteiger partial charge is 0.321 e. The average molecular weight is 125 g/mol. The van der Waals surface area contributed by atoms with Crippen molar-refractivity contribution in [2.75, 3.05) is 0 Å². The van der Waals surface area contributed by atoms with E-state index in [2.05, 4.69) is 0 Å². The zero-order valence-corrected chi connectivity index (χ0v) is 4.99. The van der Waals surface area contributed by atoms with Crippen molar-refractivity contribution in [1.82, 2.24) is 0 Å². The first-order chi connectivity index (χ1) is 4.34. The van der Waals surface area contributed by atoms with Crippen molar-refractivity contribution in [2.45, 2.75) is 6.54 Å². The van der Waals surface area contributed by atoms with Crippen LogP contribution in [0.15, 0.2) is 24.4 Å². The number of hydrogen-bond donors (Lipinski definition) is 2. The number of nitrogens with two attached hydrogens (primary N) is 1. The van der Waals surface area contributed by atoms with E-state index in [-0.39, 0.29) is 0 Å². The number of hydrogen-bond acceptors (Lipinski definition) is 2. The molecule has 0 aliphatic rings. The summed E-state index contributed by atoms with van der Waals surface area (Å²) in [6.45, 7) is 0.358. The Morgan fingerprint density at radius 1 is 1.56 bits per heavy atom. The molecular weight excluding hydrogens is 116 g/mol. The molecule has 0 atom stereocenters. The molecule has 0 radical (unpaired) electrons. The van der Waals surface area contributed by atoms with E-state index in [1.165, 1.54) is 0 Å². The second kappa shape index (κ2) is 2.46. The maximum Gasteiger partial charge on any atom is 0.247 e. The third-order valence-electron chi connectivity index (χ3n) is 1.13. The predicted octanol–water partition coefficient (Wildman–Crippen LogP) is -0.330. The molecule has 0 spiro atoms. The van der Waals surface area contributed by atoms with Gasteiger partial charge in [-0.15, -0.1) is 0 Å². The summed E-state index contributed by atoms with van der Waals surface area (Å²) >= 11 is 0. The third-order valence-corrected chi connectivity index (χ3v) is 1.13. The Balaban J connectivity index is 3.01. The molecule has 0 unspecified atom stereocenters. The number of rotatable bonds is 1. The van der Waals surface area contributed by atoms with Crippen LogP contribution in [0.1, 0.15) is 5.69 Å². The summed E-state index contributed by atoms with van der Waals surface area (Å²) in [6, 6.07) is 5.33. The lowest BCUT2D eigenvalue weighted by atomic mass is 10.3.